The van der Waals surface area contributed by atoms with Crippen molar-refractivity contribution >= 4 is 11.8 Å². The van der Waals surface area contributed by atoms with Crippen molar-refractivity contribution in [3.8, 4) is 0 Å². The molecular formula is C5H8CrO3+2. The van der Waals surface area contributed by atoms with Gasteiger partial charge in [0.25, 0.3) is 0 Å². The molecule has 4 heteroatoms. The van der Waals surface area contributed by atoms with Gasteiger partial charge in [-0.2, -0.15) is 0 Å². The predicted molar refractivity (Wildman–Crippen MR) is 27.3 cm³/mol. The van der Waals surface area contributed by atoms with Crippen LogP contribution in [0.2, 0.25) is 0 Å². The molecule has 0 unspecified atom stereocenters. The maximum atomic E-state index is 10.1. The van der Waals surface area contributed by atoms with Crippen molar-refractivity contribution < 1.29 is 31.7 Å². The Morgan fingerprint density at radius 2 is 1.78 bits per heavy atom. The van der Waals surface area contributed by atoms with Crippen LogP contribution in [-0.4, -0.2) is 18.4 Å². The molecule has 0 saturated carbocycles. The topological polar surface area (TPSA) is 43.4 Å². The Balaban J connectivity index is 0. The third-order valence-electron chi connectivity index (χ3n) is 0.479. The van der Waals surface area contributed by atoms with Crippen molar-refractivity contribution in [1.29, 1.82) is 0 Å². The fraction of sp³-hybridized carbons (Fsp3) is 0.600. The number of rotatable bonds is 2. The molecule has 0 radical (unpaired) electrons. The van der Waals surface area contributed by atoms with Crippen LogP contribution >= 0.6 is 0 Å². The number of ketones is 1. The maximum absolute atomic E-state index is 10.1. The Hall–Kier alpha value is -0.328. The molecule has 0 aromatic heterocycles. The minimum atomic E-state index is -0.416. The van der Waals surface area contributed by atoms with Crippen molar-refractivity contribution in [3.63, 3.8) is 0 Å². The molecule has 0 aromatic rings. The molecule has 0 spiro atoms. The van der Waals surface area contributed by atoms with Crippen molar-refractivity contribution in [2.24, 2.45) is 0 Å². The summed E-state index contributed by atoms with van der Waals surface area (Å²) < 4.78 is 4.31. The summed E-state index contributed by atoms with van der Waals surface area (Å²) in [6.07, 6.45) is 0. The average Bonchev–Trinajstić information content (AvgIpc) is 1.61. The van der Waals surface area contributed by atoms with E-state index < -0.39 is 5.97 Å². The van der Waals surface area contributed by atoms with Crippen LogP contribution < -0.4 is 0 Å². The van der Waals surface area contributed by atoms with Gasteiger partial charge in [-0.3, -0.25) is 9.59 Å². The summed E-state index contributed by atoms with van der Waals surface area (Å²) in [4.78, 5) is 20.0. The molecule has 0 saturated heterocycles. The van der Waals surface area contributed by atoms with Gasteiger partial charge < -0.3 is 4.74 Å². The summed E-state index contributed by atoms with van der Waals surface area (Å²) >= 11 is 0. The Kier molecular flexibility index (Phi) is 7.39. The van der Waals surface area contributed by atoms with Crippen LogP contribution in [0.15, 0.2) is 0 Å². The molecule has 3 nitrogen and oxygen atoms in total. The predicted octanol–water partition coefficient (Wildman–Crippen LogP) is 0.136. The Labute approximate surface area is 64.5 Å². The van der Waals surface area contributed by atoms with Gasteiger partial charge in [0, 0.05) is 6.92 Å². The van der Waals surface area contributed by atoms with Gasteiger partial charge in [-0.05, 0) is 6.92 Å². The van der Waals surface area contributed by atoms with Crippen LogP contribution in [0.25, 0.3) is 0 Å². The van der Waals surface area contributed by atoms with Gasteiger partial charge in [0.05, 0.1) is 0 Å². The zero-order valence-electron chi connectivity index (χ0n) is 5.34. The number of carbonyl (C=O) groups excluding carboxylic acids is 2. The zero-order chi connectivity index (χ0) is 6.57. The smallest absolute Gasteiger partial charge is 0.458 e. The number of ether oxygens (including phenoxy) is 1. The molecule has 0 bridgehead atoms. The third kappa shape index (κ3) is 11.3. The molecule has 0 atom stereocenters. The SMILES string of the molecule is CC(=O)COC(C)=O.[Cr+2]. The number of hydrogen-bond acceptors (Lipinski definition) is 3. The minimum absolute atomic E-state index is 0. The molecule has 0 fully saturated rings. The fourth-order valence-corrected chi connectivity index (χ4v) is 0.203. The van der Waals surface area contributed by atoms with Crippen LogP contribution in [0.1, 0.15) is 13.8 Å². The van der Waals surface area contributed by atoms with Crippen molar-refractivity contribution in [1.82, 2.24) is 0 Å². The summed E-state index contributed by atoms with van der Waals surface area (Å²) in [5.41, 5.74) is 0. The molecule has 0 heterocycles. The molecular weight excluding hydrogens is 160 g/mol. The summed E-state index contributed by atoms with van der Waals surface area (Å²) in [7, 11) is 0. The van der Waals surface area contributed by atoms with Gasteiger partial charge in [0.2, 0.25) is 0 Å². The normalized spacial score (nSPS) is 7.33. The molecule has 0 aliphatic rings. The van der Waals surface area contributed by atoms with Gasteiger partial charge in [0.15, 0.2) is 5.78 Å². The van der Waals surface area contributed by atoms with Crippen molar-refractivity contribution in [2.45, 2.75) is 13.8 Å². The Bertz CT molecular complexity index is 96.8. The van der Waals surface area contributed by atoms with Crippen LogP contribution in [-0.2, 0) is 31.7 Å². The molecule has 50 valence electrons. The molecule has 0 aliphatic heterocycles. The molecule has 0 rings (SSSR count). The third-order valence-corrected chi connectivity index (χ3v) is 0.479. The van der Waals surface area contributed by atoms with Gasteiger partial charge in [-0.1, -0.05) is 0 Å². The van der Waals surface area contributed by atoms with Gasteiger partial charge in [-0.25, -0.2) is 0 Å². The summed E-state index contributed by atoms with van der Waals surface area (Å²) in [6.45, 7) is 2.53. The van der Waals surface area contributed by atoms with Crippen molar-refractivity contribution in [2.75, 3.05) is 6.61 Å². The van der Waals surface area contributed by atoms with E-state index in [-0.39, 0.29) is 29.8 Å². The van der Waals surface area contributed by atoms with E-state index in [9.17, 15) is 9.59 Å². The second-order valence-corrected chi connectivity index (χ2v) is 1.48. The maximum Gasteiger partial charge on any atom is 2.00 e. The molecule has 0 amide bonds. The molecule has 0 aromatic carbocycles. The van der Waals surface area contributed by atoms with E-state index in [4.69, 9.17) is 0 Å². The first-order valence-electron chi connectivity index (χ1n) is 2.25. The quantitative estimate of drug-likeness (QED) is 0.550. The second-order valence-electron chi connectivity index (χ2n) is 1.48. The van der Waals surface area contributed by atoms with E-state index in [1.54, 1.807) is 0 Å². The van der Waals surface area contributed by atoms with E-state index in [0.717, 1.165) is 0 Å². The van der Waals surface area contributed by atoms with Crippen molar-refractivity contribution in [3.05, 3.63) is 0 Å². The van der Waals surface area contributed by atoms with Gasteiger partial charge >= 0.3 is 23.3 Å². The first-order chi connectivity index (χ1) is 3.63. The average molecular weight is 168 g/mol. The van der Waals surface area contributed by atoms with Crippen LogP contribution in [0.5, 0.6) is 0 Å². The van der Waals surface area contributed by atoms with Gasteiger partial charge in [-0.15, -0.1) is 0 Å². The standard InChI is InChI=1S/C5H8O3.Cr/c1-4(6)3-8-5(2)7;/h3H2,1-2H3;/q;+2. The number of hydrogen-bond donors (Lipinski definition) is 0. The van der Waals surface area contributed by atoms with Gasteiger partial charge in [0.1, 0.15) is 6.61 Å². The first-order valence-corrected chi connectivity index (χ1v) is 2.25. The van der Waals surface area contributed by atoms with E-state index in [0.29, 0.717) is 0 Å². The zero-order valence-corrected chi connectivity index (χ0v) is 6.62. The first kappa shape index (κ1) is 11.5. The fourth-order valence-electron chi connectivity index (χ4n) is 0.203. The number of carbonyl (C=O) groups is 2. The summed E-state index contributed by atoms with van der Waals surface area (Å²) in [5, 5.41) is 0. The minimum Gasteiger partial charge on any atom is -0.458 e. The largest absolute Gasteiger partial charge is 2.00 e. The number of Topliss-reactive ketones (excluding diaryl/α,β-unsaturated/α-hetero) is 1. The van der Waals surface area contributed by atoms with Crippen LogP contribution in [0.4, 0.5) is 0 Å². The van der Waals surface area contributed by atoms with E-state index >= 15 is 0 Å². The molecule has 0 aliphatic carbocycles. The van der Waals surface area contributed by atoms with E-state index in [1.165, 1.54) is 13.8 Å². The second kappa shape index (κ2) is 5.80. The monoisotopic (exact) mass is 168 g/mol. The van der Waals surface area contributed by atoms with E-state index in [1.807, 2.05) is 0 Å². The summed E-state index contributed by atoms with van der Waals surface area (Å²) in [6, 6.07) is 0. The Morgan fingerprint density at radius 1 is 1.33 bits per heavy atom. The Morgan fingerprint density at radius 3 is 1.89 bits per heavy atom. The van der Waals surface area contributed by atoms with E-state index in [2.05, 4.69) is 4.74 Å². The number of esters is 1. The van der Waals surface area contributed by atoms with Crippen LogP contribution in [0.3, 0.4) is 0 Å². The molecule has 9 heavy (non-hydrogen) atoms. The van der Waals surface area contributed by atoms with Crippen LogP contribution in [0, 0.1) is 0 Å². The molecule has 0 N–H and O–H groups in total. The summed E-state index contributed by atoms with van der Waals surface area (Å²) in [5.74, 6) is -0.555.